The standard InChI is InChI=1S/C30H42N4O3/c1-2-15-34(30(37)32-20-23-9-5-3-6-10-23)27-13-16-33(17-14-27)22-25-18-26(31-21-29(35)36)19-28(25)24-11-7-4-8-12-24/h3-12,25-28,31H,2,13-22H2,1H3,(H,32,37)(H,35,36)/t25-,26?,28-/m1/s1. The number of carboxylic acids is 1. The molecule has 1 heterocycles. The summed E-state index contributed by atoms with van der Waals surface area (Å²) in [7, 11) is 0. The van der Waals surface area contributed by atoms with Crippen LogP contribution in [0.5, 0.6) is 0 Å². The Morgan fingerprint density at radius 3 is 2.32 bits per heavy atom. The van der Waals surface area contributed by atoms with Gasteiger partial charge in [0.25, 0.3) is 0 Å². The minimum absolute atomic E-state index is 0.0177. The maximum Gasteiger partial charge on any atom is 0.317 e. The summed E-state index contributed by atoms with van der Waals surface area (Å²) < 4.78 is 0. The summed E-state index contributed by atoms with van der Waals surface area (Å²) in [4.78, 5) is 28.8. The van der Waals surface area contributed by atoms with Crippen LogP contribution in [0, 0.1) is 5.92 Å². The minimum Gasteiger partial charge on any atom is -0.480 e. The molecule has 7 nitrogen and oxygen atoms in total. The summed E-state index contributed by atoms with van der Waals surface area (Å²) in [6.45, 7) is 6.48. The lowest BCUT2D eigenvalue weighted by Gasteiger charge is -2.39. The molecule has 0 radical (unpaired) electrons. The average molecular weight is 507 g/mol. The highest BCUT2D eigenvalue weighted by atomic mass is 16.4. The van der Waals surface area contributed by atoms with Crippen LogP contribution < -0.4 is 10.6 Å². The normalized spacial score (nSPS) is 22.6. The van der Waals surface area contributed by atoms with Crippen molar-refractivity contribution in [3.8, 4) is 0 Å². The fourth-order valence-electron chi connectivity index (χ4n) is 6.14. The van der Waals surface area contributed by atoms with E-state index in [1.807, 2.05) is 30.3 Å². The first-order chi connectivity index (χ1) is 18.0. The van der Waals surface area contributed by atoms with E-state index in [4.69, 9.17) is 5.11 Å². The molecular weight excluding hydrogens is 464 g/mol. The lowest BCUT2D eigenvalue weighted by molar-refractivity contribution is -0.136. The Morgan fingerprint density at radius 2 is 1.68 bits per heavy atom. The van der Waals surface area contributed by atoms with Gasteiger partial charge in [0.15, 0.2) is 0 Å². The predicted molar refractivity (Wildman–Crippen MR) is 146 cm³/mol. The summed E-state index contributed by atoms with van der Waals surface area (Å²) in [6.07, 6.45) is 4.90. The highest BCUT2D eigenvalue weighted by molar-refractivity contribution is 5.74. The zero-order chi connectivity index (χ0) is 26.0. The van der Waals surface area contributed by atoms with E-state index in [1.165, 1.54) is 5.56 Å². The van der Waals surface area contributed by atoms with Gasteiger partial charge < -0.3 is 25.5 Å². The first-order valence-corrected chi connectivity index (χ1v) is 13.8. The van der Waals surface area contributed by atoms with E-state index in [1.54, 1.807) is 0 Å². The van der Waals surface area contributed by atoms with E-state index in [0.717, 1.165) is 63.8 Å². The van der Waals surface area contributed by atoms with Crippen molar-refractivity contribution in [1.29, 1.82) is 0 Å². The molecule has 7 heteroatoms. The first-order valence-electron chi connectivity index (χ1n) is 13.8. The molecule has 2 aromatic rings. The Kier molecular flexibility index (Phi) is 9.97. The number of rotatable bonds is 11. The number of carboxylic acid groups (broad SMARTS) is 1. The predicted octanol–water partition coefficient (Wildman–Crippen LogP) is 4.31. The third-order valence-electron chi connectivity index (χ3n) is 7.97. The fraction of sp³-hybridized carbons (Fsp3) is 0.533. The lowest BCUT2D eigenvalue weighted by Crippen LogP contribution is -2.51. The van der Waals surface area contributed by atoms with Gasteiger partial charge in [-0.3, -0.25) is 4.79 Å². The average Bonchev–Trinajstić information content (AvgIpc) is 3.33. The van der Waals surface area contributed by atoms with Crippen LogP contribution in [0.1, 0.15) is 56.1 Å². The molecule has 2 aliphatic rings. The molecular formula is C30H42N4O3. The molecule has 3 atom stereocenters. The second kappa shape index (κ2) is 13.6. The van der Waals surface area contributed by atoms with Gasteiger partial charge in [-0.1, -0.05) is 67.6 Å². The van der Waals surface area contributed by atoms with Gasteiger partial charge in [-0.25, -0.2) is 4.79 Å². The van der Waals surface area contributed by atoms with Gasteiger partial charge in [0, 0.05) is 44.8 Å². The number of hydrogen-bond donors (Lipinski definition) is 3. The molecule has 200 valence electrons. The Morgan fingerprint density at radius 1 is 1.00 bits per heavy atom. The van der Waals surface area contributed by atoms with Crippen molar-refractivity contribution in [1.82, 2.24) is 20.4 Å². The summed E-state index contributed by atoms with van der Waals surface area (Å²) in [5.41, 5.74) is 2.47. The Balaban J connectivity index is 1.31. The molecule has 0 spiro atoms. The molecule has 1 saturated carbocycles. The molecule has 1 aliphatic heterocycles. The summed E-state index contributed by atoms with van der Waals surface area (Å²) in [5, 5.41) is 15.5. The molecule has 0 bridgehead atoms. The Hall–Kier alpha value is -2.90. The Bertz CT molecular complexity index is 979. The van der Waals surface area contributed by atoms with Crippen LogP contribution in [0.15, 0.2) is 60.7 Å². The maximum atomic E-state index is 13.1. The number of benzene rings is 2. The van der Waals surface area contributed by atoms with Crippen LogP contribution in [0.2, 0.25) is 0 Å². The zero-order valence-corrected chi connectivity index (χ0v) is 22.0. The van der Waals surface area contributed by atoms with Crippen LogP contribution in [0.4, 0.5) is 4.79 Å². The number of carbonyl (C=O) groups is 2. The second-order valence-electron chi connectivity index (χ2n) is 10.6. The molecule has 37 heavy (non-hydrogen) atoms. The van der Waals surface area contributed by atoms with Gasteiger partial charge in [0.05, 0.1) is 6.54 Å². The van der Waals surface area contributed by atoms with Crippen molar-refractivity contribution in [3.63, 3.8) is 0 Å². The van der Waals surface area contributed by atoms with Gasteiger partial charge >= 0.3 is 12.0 Å². The molecule has 3 N–H and O–H groups in total. The molecule has 1 saturated heterocycles. The van der Waals surface area contributed by atoms with Gasteiger partial charge in [0.1, 0.15) is 0 Å². The molecule has 2 aromatic carbocycles. The highest BCUT2D eigenvalue weighted by Gasteiger charge is 2.37. The van der Waals surface area contributed by atoms with Crippen molar-refractivity contribution >= 4 is 12.0 Å². The summed E-state index contributed by atoms with van der Waals surface area (Å²) >= 11 is 0. The molecule has 0 aromatic heterocycles. The van der Waals surface area contributed by atoms with E-state index in [0.29, 0.717) is 18.4 Å². The van der Waals surface area contributed by atoms with Crippen molar-refractivity contribution in [3.05, 3.63) is 71.8 Å². The zero-order valence-electron chi connectivity index (χ0n) is 22.0. The van der Waals surface area contributed by atoms with E-state index in [2.05, 4.69) is 57.7 Å². The third kappa shape index (κ3) is 7.79. The van der Waals surface area contributed by atoms with E-state index in [-0.39, 0.29) is 24.7 Å². The number of amides is 2. The van der Waals surface area contributed by atoms with Gasteiger partial charge in [-0.2, -0.15) is 0 Å². The van der Waals surface area contributed by atoms with E-state index >= 15 is 0 Å². The third-order valence-corrected chi connectivity index (χ3v) is 7.97. The van der Waals surface area contributed by atoms with Crippen LogP contribution in [0.25, 0.3) is 0 Å². The van der Waals surface area contributed by atoms with Crippen LogP contribution in [0.3, 0.4) is 0 Å². The van der Waals surface area contributed by atoms with Crippen LogP contribution >= 0.6 is 0 Å². The molecule has 1 aliphatic carbocycles. The highest BCUT2D eigenvalue weighted by Crippen LogP contribution is 2.40. The van der Waals surface area contributed by atoms with E-state index < -0.39 is 5.97 Å². The first kappa shape index (κ1) is 27.1. The van der Waals surface area contributed by atoms with Crippen LogP contribution in [-0.2, 0) is 11.3 Å². The summed E-state index contributed by atoms with van der Waals surface area (Å²) in [5.74, 6) is 0.128. The van der Waals surface area contributed by atoms with Crippen LogP contribution in [-0.4, -0.2) is 71.7 Å². The van der Waals surface area contributed by atoms with Crippen molar-refractivity contribution in [2.24, 2.45) is 5.92 Å². The molecule has 1 unspecified atom stereocenters. The molecule has 4 rings (SSSR count). The SMILES string of the molecule is CCCN(C(=O)NCc1ccccc1)C1CCN(C[C@H]2CC(NCC(=O)O)C[C@@H]2c2ccccc2)CC1. The number of piperidine rings is 1. The number of aliphatic carboxylic acids is 1. The number of nitrogens with one attached hydrogen (secondary N) is 2. The second-order valence-corrected chi connectivity index (χ2v) is 10.6. The minimum atomic E-state index is -0.800. The number of carbonyl (C=O) groups excluding carboxylic acids is 1. The van der Waals surface area contributed by atoms with Gasteiger partial charge in [0.2, 0.25) is 0 Å². The van der Waals surface area contributed by atoms with Crippen molar-refractivity contribution in [2.45, 2.75) is 63.6 Å². The largest absolute Gasteiger partial charge is 0.480 e. The van der Waals surface area contributed by atoms with Crippen molar-refractivity contribution < 1.29 is 14.7 Å². The quantitative estimate of drug-likeness (QED) is 0.423. The smallest absolute Gasteiger partial charge is 0.317 e. The maximum absolute atomic E-state index is 13.1. The molecule has 2 amide bonds. The van der Waals surface area contributed by atoms with Gasteiger partial charge in [-0.05, 0) is 55.1 Å². The fourth-order valence-corrected chi connectivity index (χ4v) is 6.14. The van der Waals surface area contributed by atoms with Crippen molar-refractivity contribution in [2.75, 3.05) is 32.7 Å². The number of nitrogens with zero attached hydrogens (tertiary/aromatic N) is 2. The van der Waals surface area contributed by atoms with Gasteiger partial charge in [-0.15, -0.1) is 0 Å². The number of hydrogen-bond acceptors (Lipinski definition) is 4. The van der Waals surface area contributed by atoms with E-state index in [9.17, 15) is 9.59 Å². The summed E-state index contributed by atoms with van der Waals surface area (Å²) in [6, 6.07) is 21.3. The monoisotopic (exact) mass is 506 g/mol. The Labute approximate surface area is 221 Å². The number of likely N-dealkylation sites (tertiary alicyclic amines) is 1. The lowest BCUT2D eigenvalue weighted by atomic mass is 9.88. The topological polar surface area (TPSA) is 84.9 Å². The molecule has 2 fully saturated rings. The number of urea groups is 1.